The molecule has 116 valence electrons. The van der Waals surface area contributed by atoms with Crippen LogP contribution in [0.1, 0.15) is 16.9 Å². The number of ether oxygens (including phenoxy) is 1. The largest absolute Gasteiger partial charge is 0.385 e. The first-order valence-corrected chi connectivity index (χ1v) is 7.75. The fourth-order valence-corrected chi connectivity index (χ4v) is 2.21. The molecule has 1 aromatic carbocycles. The second kappa shape index (κ2) is 8.51. The Hall–Kier alpha value is -1.92. The molecule has 0 saturated heterocycles. The molecule has 6 heteroatoms. The summed E-state index contributed by atoms with van der Waals surface area (Å²) < 4.78 is 5.90. The molecule has 1 heterocycles. The lowest BCUT2D eigenvalue weighted by molar-refractivity contribution is 0.0943. The van der Waals surface area contributed by atoms with E-state index in [1.807, 2.05) is 30.3 Å². The zero-order valence-corrected chi connectivity index (χ0v) is 13.9. The fourth-order valence-electron chi connectivity index (χ4n) is 1.83. The molecule has 0 bridgehead atoms. The molecular formula is C16H18BrN3O2. The number of amides is 1. The van der Waals surface area contributed by atoms with E-state index in [1.165, 1.54) is 0 Å². The number of carbonyl (C=O) groups excluding carboxylic acids is 1. The average Bonchev–Trinajstić information content (AvgIpc) is 2.54. The van der Waals surface area contributed by atoms with Crippen molar-refractivity contribution in [2.24, 2.45) is 0 Å². The lowest BCUT2D eigenvalue weighted by Gasteiger charge is -2.09. The third kappa shape index (κ3) is 4.82. The van der Waals surface area contributed by atoms with Crippen LogP contribution in [0, 0.1) is 0 Å². The number of nitrogens with zero attached hydrogens (tertiary/aromatic N) is 1. The highest BCUT2D eigenvalue weighted by Crippen LogP contribution is 2.24. The third-order valence-electron chi connectivity index (χ3n) is 2.96. The van der Waals surface area contributed by atoms with Crippen molar-refractivity contribution in [1.29, 1.82) is 0 Å². The average molecular weight is 364 g/mol. The summed E-state index contributed by atoms with van der Waals surface area (Å²) >= 11 is 3.48. The first-order chi connectivity index (χ1) is 10.7. The van der Waals surface area contributed by atoms with Crippen molar-refractivity contribution in [2.45, 2.75) is 6.42 Å². The molecule has 1 amide bonds. The van der Waals surface area contributed by atoms with Crippen molar-refractivity contribution in [3.8, 4) is 0 Å². The predicted octanol–water partition coefficient (Wildman–Crippen LogP) is 3.35. The Kier molecular flexibility index (Phi) is 6.36. The van der Waals surface area contributed by atoms with Crippen molar-refractivity contribution < 1.29 is 9.53 Å². The Morgan fingerprint density at radius 1 is 1.27 bits per heavy atom. The van der Waals surface area contributed by atoms with Gasteiger partial charge >= 0.3 is 0 Å². The molecule has 0 unspecified atom stereocenters. The van der Waals surface area contributed by atoms with Gasteiger partial charge in [0.2, 0.25) is 0 Å². The maximum absolute atomic E-state index is 11.9. The van der Waals surface area contributed by atoms with Crippen molar-refractivity contribution in [3.05, 3.63) is 52.8 Å². The minimum absolute atomic E-state index is 0.177. The van der Waals surface area contributed by atoms with Gasteiger partial charge < -0.3 is 15.4 Å². The number of pyridine rings is 1. The van der Waals surface area contributed by atoms with Crippen LogP contribution in [0.15, 0.2) is 47.1 Å². The predicted molar refractivity (Wildman–Crippen MR) is 90.5 cm³/mol. The molecule has 0 aliphatic heterocycles. The summed E-state index contributed by atoms with van der Waals surface area (Å²) in [6.45, 7) is 1.20. The molecule has 0 aliphatic carbocycles. The van der Waals surface area contributed by atoms with E-state index >= 15 is 0 Å². The number of hydrogen-bond donors (Lipinski definition) is 2. The van der Waals surface area contributed by atoms with Gasteiger partial charge in [0.15, 0.2) is 0 Å². The summed E-state index contributed by atoms with van der Waals surface area (Å²) in [6.07, 6.45) is 2.42. The SMILES string of the molecule is COCCCNC(=O)c1ccc(Nc2ccccc2Br)cn1. The normalized spacial score (nSPS) is 10.3. The lowest BCUT2D eigenvalue weighted by Crippen LogP contribution is -2.26. The quantitative estimate of drug-likeness (QED) is 0.740. The highest BCUT2D eigenvalue weighted by molar-refractivity contribution is 9.10. The van der Waals surface area contributed by atoms with E-state index < -0.39 is 0 Å². The fraction of sp³-hybridized carbons (Fsp3) is 0.250. The van der Waals surface area contributed by atoms with E-state index in [-0.39, 0.29) is 5.91 Å². The van der Waals surface area contributed by atoms with Crippen LogP contribution in [0.5, 0.6) is 0 Å². The number of nitrogens with one attached hydrogen (secondary N) is 2. The number of anilines is 2. The van der Waals surface area contributed by atoms with Crippen LogP contribution >= 0.6 is 15.9 Å². The van der Waals surface area contributed by atoms with Crippen LogP contribution in [0.25, 0.3) is 0 Å². The van der Waals surface area contributed by atoms with Gasteiger partial charge in [-0.25, -0.2) is 4.98 Å². The van der Waals surface area contributed by atoms with Crippen LogP contribution in [0.3, 0.4) is 0 Å². The van der Waals surface area contributed by atoms with Gasteiger partial charge in [0.1, 0.15) is 5.69 Å². The maximum Gasteiger partial charge on any atom is 0.269 e. The van der Waals surface area contributed by atoms with Gasteiger partial charge in [-0.15, -0.1) is 0 Å². The highest BCUT2D eigenvalue weighted by Gasteiger charge is 2.06. The molecule has 0 fully saturated rings. The summed E-state index contributed by atoms with van der Waals surface area (Å²) in [5.74, 6) is -0.177. The molecule has 2 aromatic rings. The van der Waals surface area contributed by atoms with Gasteiger partial charge in [0, 0.05) is 24.7 Å². The second-order valence-electron chi connectivity index (χ2n) is 4.64. The van der Waals surface area contributed by atoms with Crippen molar-refractivity contribution in [2.75, 3.05) is 25.6 Å². The van der Waals surface area contributed by atoms with Crippen LogP contribution in [0.2, 0.25) is 0 Å². The van der Waals surface area contributed by atoms with E-state index in [1.54, 1.807) is 19.4 Å². The Bertz CT molecular complexity index is 617. The molecule has 2 rings (SSSR count). The summed E-state index contributed by atoms with van der Waals surface area (Å²) in [4.78, 5) is 16.1. The van der Waals surface area contributed by atoms with Gasteiger partial charge in [-0.3, -0.25) is 4.79 Å². The number of rotatable bonds is 7. The summed E-state index contributed by atoms with van der Waals surface area (Å²) in [6, 6.07) is 11.3. The first-order valence-electron chi connectivity index (χ1n) is 6.95. The maximum atomic E-state index is 11.9. The third-order valence-corrected chi connectivity index (χ3v) is 3.65. The van der Waals surface area contributed by atoms with E-state index in [9.17, 15) is 4.79 Å². The second-order valence-corrected chi connectivity index (χ2v) is 5.49. The molecule has 1 aromatic heterocycles. The molecule has 2 N–H and O–H groups in total. The van der Waals surface area contributed by atoms with Gasteiger partial charge in [0.25, 0.3) is 5.91 Å². The lowest BCUT2D eigenvalue weighted by atomic mass is 10.3. The number of benzene rings is 1. The number of halogens is 1. The molecular weight excluding hydrogens is 346 g/mol. The van der Waals surface area contributed by atoms with Crippen molar-refractivity contribution in [1.82, 2.24) is 10.3 Å². The topological polar surface area (TPSA) is 63.2 Å². The monoisotopic (exact) mass is 363 g/mol. The molecule has 22 heavy (non-hydrogen) atoms. The Labute approximate surface area is 138 Å². The van der Waals surface area contributed by atoms with Crippen LogP contribution < -0.4 is 10.6 Å². The zero-order valence-electron chi connectivity index (χ0n) is 12.3. The molecule has 0 radical (unpaired) electrons. The van der Waals surface area contributed by atoms with Crippen LogP contribution in [-0.2, 0) is 4.74 Å². The Morgan fingerprint density at radius 2 is 2.09 bits per heavy atom. The Morgan fingerprint density at radius 3 is 2.77 bits per heavy atom. The van der Waals surface area contributed by atoms with E-state index in [4.69, 9.17) is 4.74 Å². The highest BCUT2D eigenvalue weighted by atomic mass is 79.9. The van der Waals surface area contributed by atoms with Gasteiger partial charge in [-0.2, -0.15) is 0 Å². The van der Waals surface area contributed by atoms with E-state index in [2.05, 4.69) is 31.5 Å². The first kappa shape index (κ1) is 16.5. The minimum atomic E-state index is -0.177. The molecule has 5 nitrogen and oxygen atoms in total. The van der Waals surface area contributed by atoms with Gasteiger partial charge in [-0.05, 0) is 46.6 Å². The van der Waals surface area contributed by atoms with Crippen LogP contribution in [0.4, 0.5) is 11.4 Å². The summed E-state index contributed by atoms with van der Waals surface area (Å²) in [5.41, 5.74) is 2.17. The number of para-hydroxylation sites is 1. The summed E-state index contributed by atoms with van der Waals surface area (Å²) in [7, 11) is 1.64. The number of aromatic nitrogens is 1. The standard InChI is InChI=1S/C16H18BrN3O2/c1-22-10-4-9-18-16(21)15-8-7-12(11-19-15)20-14-6-3-2-5-13(14)17/h2-3,5-8,11,20H,4,9-10H2,1H3,(H,18,21). The van der Waals surface area contributed by atoms with E-state index in [0.717, 1.165) is 22.3 Å². The molecule has 0 spiro atoms. The minimum Gasteiger partial charge on any atom is -0.385 e. The molecule has 0 aliphatic rings. The van der Waals surface area contributed by atoms with Crippen LogP contribution in [-0.4, -0.2) is 31.2 Å². The van der Waals surface area contributed by atoms with Gasteiger partial charge in [0.05, 0.1) is 17.6 Å². The van der Waals surface area contributed by atoms with Crippen molar-refractivity contribution >= 4 is 33.2 Å². The molecule has 0 atom stereocenters. The number of carbonyl (C=O) groups is 1. The molecule has 0 saturated carbocycles. The van der Waals surface area contributed by atoms with E-state index in [0.29, 0.717) is 18.8 Å². The smallest absolute Gasteiger partial charge is 0.269 e. The Balaban J connectivity index is 1.92. The number of hydrogen-bond acceptors (Lipinski definition) is 4. The van der Waals surface area contributed by atoms with Crippen molar-refractivity contribution in [3.63, 3.8) is 0 Å². The summed E-state index contributed by atoms with van der Waals surface area (Å²) in [5, 5.41) is 6.04. The zero-order chi connectivity index (χ0) is 15.8. The number of methoxy groups -OCH3 is 1. The van der Waals surface area contributed by atoms with Gasteiger partial charge in [-0.1, -0.05) is 12.1 Å².